The molecule has 0 aromatic heterocycles. The van der Waals surface area contributed by atoms with E-state index in [0.29, 0.717) is 17.5 Å². The zero-order valence-corrected chi connectivity index (χ0v) is 10.6. The van der Waals surface area contributed by atoms with Gasteiger partial charge in [0.15, 0.2) is 0 Å². The normalized spacial score (nSPS) is 21.5. The van der Waals surface area contributed by atoms with Crippen molar-refractivity contribution in [3.05, 3.63) is 35.4 Å². The summed E-state index contributed by atoms with van der Waals surface area (Å²) in [6, 6.07) is 7.68. The minimum atomic E-state index is -0.868. The molecule has 4 nitrogen and oxygen atoms in total. The van der Waals surface area contributed by atoms with Gasteiger partial charge in [-0.05, 0) is 30.0 Å². The van der Waals surface area contributed by atoms with Crippen LogP contribution >= 0.6 is 0 Å². The molecular weight excluding hydrogens is 228 g/mol. The molecule has 1 saturated heterocycles. The van der Waals surface area contributed by atoms with E-state index in [1.165, 1.54) is 5.56 Å². The first-order valence-corrected chi connectivity index (χ1v) is 6.43. The highest BCUT2D eigenvalue weighted by Gasteiger charge is 2.19. The molecule has 1 aliphatic heterocycles. The summed E-state index contributed by atoms with van der Waals surface area (Å²) >= 11 is 0. The van der Waals surface area contributed by atoms with E-state index in [1.807, 2.05) is 12.1 Å². The number of piperazine rings is 1. The first-order valence-electron chi connectivity index (χ1n) is 6.43. The van der Waals surface area contributed by atoms with Crippen LogP contribution in [0.5, 0.6) is 0 Å². The molecule has 3 N–H and O–H groups in total. The molecule has 18 heavy (non-hydrogen) atoms. The molecule has 98 valence electrons. The topological polar surface area (TPSA) is 61.4 Å². The third-order valence-corrected chi connectivity index (χ3v) is 3.52. The van der Waals surface area contributed by atoms with Crippen LogP contribution in [0.2, 0.25) is 0 Å². The van der Waals surface area contributed by atoms with Crippen molar-refractivity contribution >= 4 is 5.97 Å². The Labute approximate surface area is 107 Å². The molecule has 0 amide bonds. The number of carboxylic acids is 1. The summed E-state index contributed by atoms with van der Waals surface area (Å²) in [7, 11) is 0. The van der Waals surface area contributed by atoms with Gasteiger partial charge in [-0.15, -0.1) is 0 Å². The Bertz CT molecular complexity index is 397. The summed E-state index contributed by atoms with van der Waals surface area (Å²) in [4.78, 5) is 10.8. The molecule has 0 aliphatic carbocycles. The van der Waals surface area contributed by atoms with E-state index in [4.69, 9.17) is 5.11 Å². The van der Waals surface area contributed by atoms with Crippen LogP contribution < -0.4 is 10.6 Å². The Balaban J connectivity index is 1.93. The monoisotopic (exact) mass is 248 g/mol. The third-order valence-electron chi connectivity index (χ3n) is 3.52. The Morgan fingerprint density at radius 3 is 2.67 bits per heavy atom. The van der Waals surface area contributed by atoms with Gasteiger partial charge < -0.3 is 15.7 Å². The SMILES string of the molecule is CC(Cc1ccc(C(=O)O)cc1)C1CNCCN1. The lowest BCUT2D eigenvalue weighted by Crippen LogP contribution is -2.51. The summed E-state index contributed by atoms with van der Waals surface area (Å²) in [6.07, 6.45) is 0.971. The number of carbonyl (C=O) groups is 1. The second kappa shape index (κ2) is 5.98. The maximum Gasteiger partial charge on any atom is 0.335 e. The Kier molecular flexibility index (Phi) is 4.33. The van der Waals surface area contributed by atoms with Gasteiger partial charge in [0.25, 0.3) is 0 Å². The Hall–Kier alpha value is -1.39. The van der Waals surface area contributed by atoms with Gasteiger partial charge in [-0.2, -0.15) is 0 Å². The largest absolute Gasteiger partial charge is 0.478 e. The minimum absolute atomic E-state index is 0.351. The van der Waals surface area contributed by atoms with Crippen LogP contribution in [0.1, 0.15) is 22.8 Å². The summed E-state index contributed by atoms with van der Waals surface area (Å²) < 4.78 is 0. The van der Waals surface area contributed by atoms with E-state index in [1.54, 1.807) is 12.1 Å². The summed E-state index contributed by atoms with van der Waals surface area (Å²) in [5.74, 6) is -0.332. The second-order valence-corrected chi connectivity index (χ2v) is 4.95. The molecule has 0 spiro atoms. The Morgan fingerprint density at radius 2 is 2.11 bits per heavy atom. The number of nitrogens with one attached hydrogen (secondary N) is 2. The van der Waals surface area contributed by atoms with Crippen molar-refractivity contribution in [3.63, 3.8) is 0 Å². The van der Waals surface area contributed by atoms with Crippen molar-refractivity contribution in [1.82, 2.24) is 10.6 Å². The van der Waals surface area contributed by atoms with Crippen LogP contribution in [-0.4, -0.2) is 36.8 Å². The fourth-order valence-electron chi connectivity index (χ4n) is 2.38. The molecule has 0 bridgehead atoms. The smallest absolute Gasteiger partial charge is 0.335 e. The predicted octanol–water partition coefficient (Wildman–Crippen LogP) is 1.12. The highest BCUT2D eigenvalue weighted by Crippen LogP contribution is 2.14. The average molecular weight is 248 g/mol. The first-order chi connectivity index (χ1) is 8.66. The quantitative estimate of drug-likeness (QED) is 0.747. The van der Waals surface area contributed by atoms with Gasteiger partial charge >= 0.3 is 5.97 Å². The zero-order valence-electron chi connectivity index (χ0n) is 10.6. The van der Waals surface area contributed by atoms with Gasteiger partial charge in [0.05, 0.1) is 5.56 Å². The number of hydrogen-bond acceptors (Lipinski definition) is 3. The number of carboxylic acid groups (broad SMARTS) is 1. The molecule has 1 aromatic carbocycles. The van der Waals surface area contributed by atoms with Crippen LogP contribution in [0.15, 0.2) is 24.3 Å². The fourth-order valence-corrected chi connectivity index (χ4v) is 2.38. The fraction of sp³-hybridized carbons (Fsp3) is 0.500. The van der Waals surface area contributed by atoms with E-state index in [2.05, 4.69) is 17.6 Å². The molecule has 2 rings (SSSR count). The molecule has 4 heteroatoms. The molecule has 0 saturated carbocycles. The van der Waals surface area contributed by atoms with Crippen molar-refractivity contribution in [3.8, 4) is 0 Å². The number of aromatic carboxylic acids is 1. The third kappa shape index (κ3) is 3.31. The maximum absolute atomic E-state index is 10.8. The zero-order chi connectivity index (χ0) is 13.0. The van der Waals surface area contributed by atoms with E-state index >= 15 is 0 Å². The van der Waals surface area contributed by atoms with Gasteiger partial charge in [-0.1, -0.05) is 19.1 Å². The standard InChI is InChI=1S/C14H20N2O2/c1-10(13-9-15-6-7-16-13)8-11-2-4-12(5-3-11)14(17)18/h2-5,10,13,15-16H,6-9H2,1H3,(H,17,18). The van der Waals surface area contributed by atoms with Crippen molar-refractivity contribution in [2.24, 2.45) is 5.92 Å². The van der Waals surface area contributed by atoms with E-state index in [9.17, 15) is 4.79 Å². The maximum atomic E-state index is 10.8. The van der Waals surface area contributed by atoms with Crippen LogP contribution in [0.3, 0.4) is 0 Å². The van der Waals surface area contributed by atoms with Crippen molar-refractivity contribution in [2.75, 3.05) is 19.6 Å². The molecule has 0 radical (unpaired) electrons. The highest BCUT2D eigenvalue weighted by atomic mass is 16.4. The summed E-state index contributed by atoms with van der Waals surface area (Å²) in [5.41, 5.74) is 1.55. The summed E-state index contributed by atoms with van der Waals surface area (Å²) in [5, 5.41) is 15.7. The molecule has 2 unspecified atom stereocenters. The lowest BCUT2D eigenvalue weighted by molar-refractivity contribution is 0.0697. The first kappa shape index (κ1) is 13.1. The van der Waals surface area contributed by atoms with Crippen molar-refractivity contribution in [1.29, 1.82) is 0 Å². The molecule has 1 fully saturated rings. The summed E-state index contributed by atoms with van der Waals surface area (Å²) in [6.45, 7) is 5.30. The van der Waals surface area contributed by atoms with Crippen LogP contribution in [0, 0.1) is 5.92 Å². The molecule has 2 atom stereocenters. The van der Waals surface area contributed by atoms with E-state index in [-0.39, 0.29) is 0 Å². The predicted molar refractivity (Wildman–Crippen MR) is 70.9 cm³/mol. The molecule has 1 aliphatic rings. The van der Waals surface area contributed by atoms with Crippen LogP contribution in [0.25, 0.3) is 0 Å². The van der Waals surface area contributed by atoms with Crippen molar-refractivity contribution < 1.29 is 9.90 Å². The minimum Gasteiger partial charge on any atom is -0.478 e. The lowest BCUT2D eigenvalue weighted by Gasteiger charge is -2.29. The van der Waals surface area contributed by atoms with Gasteiger partial charge in [0, 0.05) is 25.7 Å². The molecular formula is C14H20N2O2. The van der Waals surface area contributed by atoms with Crippen molar-refractivity contribution in [2.45, 2.75) is 19.4 Å². The van der Waals surface area contributed by atoms with Crippen LogP contribution in [-0.2, 0) is 6.42 Å². The number of hydrogen-bond donors (Lipinski definition) is 3. The van der Waals surface area contributed by atoms with E-state index < -0.39 is 5.97 Å². The molecule has 1 aromatic rings. The van der Waals surface area contributed by atoms with Crippen LogP contribution in [0.4, 0.5) is 0 Å². The van der Waals surface area contributed by atoms with E-state index in [0.717, 1.165) is 26.1 Å². The highest BCUT2D eigenvalue weighted by molar-refractivity contribution is 5.87. The Morgan fingerprint density at radius 1 is 1.39 bits per heavy atom. The van der Waals surface area contributed by atoms with Gasteiger partial charge in [0.1, 0.15) is 0 Å². The van der Waals surface area contributed by atoms with Gasteiger partial charge in [-0.25, -0.2) is 4.79 Å². The number of benzene rings is 1. The second-order valence-electron chi connectivity index (χ2n) is 4.95. The number of rotatable bonds is 4. The van der Waals surface area contributed by atoms with Gasteiger partial charge in [-0.3, -0.25) is 0 Å². The average Bonchev–Trinajstić information content (AvgIpc) is 2.40. The molecule has 1 heterocycles. The van der Waals surface area contributed by atoms with Gasteiger partial charge in [0.2, 0.25) is 0 Å². The lowest BCUT2D eigenvalue weighted by atomic mass is 9.92.